The van der Waals surface area contributed by atoms with Crippen LogP contribution in [-0.4, -0.2) is 47.6 Å². The van der Waals surface area contributed by atoms with Crippen LogP contribution in [0.1, 0.15) is 39.5 Å². The minimum Gasteiger partial charge on any atom is -0.507 e. The zero-order valence-corrected chi connectivity index (χ0v) is 22.9. The Balaban J connectivity index is 1.86. The number of thiazole rings is 1. The lowest BCUT2D eigenvalue weighted by molar-refractivity contribution is -0.132. The average molecular weight is 561 g/mol. The van der Waals surface area contributed by atoms with Crippen molar-refractivity contribution in [1.82, 2.24) is 4.98 Å². The third kappa shape index (κ3) is 5.67. The molecular weight excluding hydrogens is 532 g/mol. The van der Waals surface area contributed by atoms with Crippen LogP contribution in [0.4, 0.5) is 5.13 Å². The fourth-order valence-electron chi connectivity index (χ4n) is 4.18. The molecule has 1 saturated heterocycles. The van der Waals surface area contributed by atoms with Crippen molar-refractivity contribution in [3.63, 3.8) is 0 Å². The number of carbonyl (C=O) groups is 3. The standard InChI is InChI=1S/C30H28N2O7S/c1-5-15-38-21-13-11-19(12-14-21)24-23(25(33)20-9-8-10-22(17-20)37-7-3)26(34)28(35)32(24)30-31-18(4)27(40-30)29(36)39-16-6-2/h5-6,8-14,17,24,33H,1-2,7,15-16H2,3-4H3. The van der Waals surface area contributed by atoms with Crippen molar-refractivity contribution in [2.75, 3.05) is 24.7 Å². The number of aliphatic hydroxyl groups excluding tert-OH is 1. The molecule has 1 N–H and O–H groups in total. The SMILES string of the molecule is C=CCOC(=O)c1sc(N2C(=O)C(=O)C(=C(O)c3cccc(OCC)c3)C2c2ccc(OCC=C)cc2)nc1C. The molecule has 1 aromatic heterocycles. The van der Waals surface area contributed by atoms with Crippen molar-refractivity contribution in [3.05, 3.63) is 101 Å². The van der Waals surface area contributed by atoms with Crippen molar-refractivity contribution in [3.8, 4) is 11.5 Å². The van der Waals surface area contributed by atoms with E-state index in [4.69, 9.17) is 14.2 Å². The monoisotopic (exact) mass is 560 g/mol. The number of carbonyl (C=O) groups excluding carboxylic acids is 3. The minimum absolute atomic E-state index is 0.0110. The van der Waals surface area contributed by atoms with Crippen LogP contribution in [0, 0.1) is 6.92 Å². The Labute approximate surface area is 235 Å². The van der Waals surface area contributed by atoms with E-state index in [1.165, 1.54) is 11.0 Å². The van der Waals surface area contributed by atoms with Crippen LogP contribution in [0.5, 0.6) is 11.5 Å². The summed E-state index contributed by atoms with van der Waals surface area (Å²) in [7, 11) is 0. The molecule has 206 valence electrons. The van der Waals surface area contributed by atoms with E-state index in [9.17, 15) is 19.5 Å². The zero-order chi connectivity index (χ0) is 28.8. The number of Topliss-reactive ketones (excluding diaryl/α,β-unsaturated/α-hetero) is 1. The van der Waals surface area contributed by atoms with Gasteiger partial charge in [-0.3, -0.25) is 14.5 Å². The maximum Gasteiger partial charge on any atom is 0.350 e. The Kier molecular flexibility index (Phi) is 8.80. The number of aryl methyl sites for hydroxylation is 1. The first kappa shape index (κ1) is 28.3. The van der Waals surface area contributed by atoms with Crippen LogP contribution in [-0.2, 0) is 14.3 Å². The van der Waals surface area contributed by atoms with Crippen LogP contribution >= 0.6 is 11.3 Å². The summed E-state index contributed by atoms with van der Waals surface area (Å²) in [5.41, 5.74) is 1.05. The van der Waals surface area contributed by atoms with Gasteiger partial charge in [0.05, 0.1) is 23.9 Å². The molecule has 2 heterocycles. The Hall–Kier alpha value is -4.70. The molecule has 0 aliphatic carbocycles. The lowest BCUT2D eigenvalue weighted by atomic mass is 9.95. The van der Waals surface area contributed by atoms with Crippen molar-refractivity contribution >= 4 is 39.9 Å². The van der Waals surface area contributed by atoms with Crippen molar-refractivity contribution in [2.24, 2.45) is 0 Å². The summed E-state index contributed by atoms with van der Waals surface area (Å²) in [5, 5.41) is 11.5. The molecule has 40 heavy (non-hydrogen) atoms. The Bertz CT molecular complexity index is 1490. The first-order valence-electron chi connectivity index (χ1n) is 12.4. The highest BCUT2D eigenvalue weighted by Crippen LogP contribution is 2.44. The molecule has 1 unspecified atom stereocenters. The van der Waals surface area contributed by atoms with Crippen LogP contribution in [0.25, 0.3) is 5.76 Å². The first-order chi connectivity index (χ1) is 19.3. The number of ketones is 1. The fraction of sp³-hybridized carbons (Fsp3) is 0.200. The zero-order valence-electron chi connectivity index (χ0n) is 22.1. The molecule has 4 rings (SSSR count). The predicted molar refractivity (Wildman–Crippen MR) is 152 cm³/mol. The van der Waals surface area contributed by atoms with Crippen LogP contribution < -0.4 is 14.4 Å². The van der Waals surface area contributed by atoms with Gasteiger partial charge in [0, 0.05) is 5.56 Å². The molecule has 0 spiro atoms. The van der Waals surface area contributed by atoms with E-state index in [0.29, 0.717) is 41.5 Å². The topological polar surface area (TPSA) is 115 Å². The van der Waals surface area contributed by atoms with E-state index in [1.807, 2.05) is 6.92 Å². The summed E-state index contributed by atoms with van der Waals surface area (Å²) in [4.78, 5) is 45.3. The summed E-state index contributed by atoms with van der Waals surface area (Å²) >= 11 is 0.925. The normalized spacial score (nSPS) is 16.1. The summed E-state index contributed by atoms with van der Waals surface area (Å²) in [5.74, 6) is -1.70. The van der Waals surface area contributed by atoms with Gasteiger partial charge >= 0.3 is 11.9 Å². The molecule has 1 aliphatic heterocycles. The molecule has 0 bridgehead atoms. The van der Waals surface area contributed by atoms with Gasteiger partial charge in [-0.05, 0) is 43.7 Å². The second-order valence-electron chi connectivity index (χ2n) is 8.60. The van der Waals surface area contributed by atoms with E-state index in [2.05, 4.69) is 18.1 Å². The first-order valence-corrected chi connectivity index (χ1v) is 13.3. The molecule has 0 saturated carbocycles. The van der Waals surface area contributed by atoms with Crippen LogP contribution in [0.3, 0.4) is 0 Å². The number of benzene rings is 2. The second-order valence-corrected chi connectivity index (χ2v) is 9.57. The molecule has 1 amide bonds. The number of hydrogen-bond acceptors (Lipinski definition) is 9. The van der Waals surface area contributed by atoms with Crippen molar-refractivity contribution in [1.29, 1.82) is 0 Å². The van der Waals surface area contributed by atoms with E-state index in [1.54, 1.807) is 61.5 Å². The molecular formula is C30H28N2O7S. The van der Waals surface area contributed by atoms with E-state index in [-0.39, 0.29) is 27.9 Å². The van der Waals surface area contributed by atoms with Gasteiger partial charge in [0.1, 0.15) is 35.3 Å². The van der Waals surface area contributed by atoms with Gasteiger partial charge in [-0.15, -0.1) is 0 Å². The number of aliphatic hydroxyl groups is 1. The largest absolute Gasteiger partial charge is 0.507 e. The third-order valence-corrected chi connectivity index (χ3v) is 7.07. The number of anilines is 1. The van der Waals surface area contributed by atoms with Gasteiger partial charge < -0.3 is 19.3 Å². The number of hydrogen-bond donors (Lipinski definition) is 1. The van der Waals surface area contributed by atoms with E-state index in [0.717, 1.165) is 11.3 Å². The smallest absolute Gasteiger partial charge is 0.350 e. The van der Waals surface area contributed by atoms with Gasteiger partial charge in [0.2, 0.25) is 0 Å². The molecule has 2 aromatic carbocycles. The quantitative estimate of drug-likeness (QED) is 0.109. The Morgan fingerprint density at radius 1 is 1.07 bits per heavy atom. The summed E-state index contributed by atoms with van der Waals surface area (Å²) in [6, 6.07) is 12.4. The summed E-state index contributed by atoms with van der Waals surface area (Å²) < 4.78 is 16.3. The van der Waals surface area contributed by atoms with E-state index >= 15 is 0 Å². The van der Waals surface area contributed by atoms with Gasteiger partial charge in [-0.1, -0.05) is 60.9 Å². The molecule has 1 atom stereocenters. The highest BCUT2D eigenvalue weighted by molar-refractivity contribution is 7.17. The van der Waals surface area contributed by atoms with Gasteiger partial charge in [0.25, 0.3) is 5.78 Å². The summed E-state index contributed by atoms with van der Waals surface area (Å²) in [6.07, 6.45) is 3.05. The number of amides is 1. The highest BCUT2D eigenvalue weighted by Gasteiger charge is 2.48. The van der Waals surface area contributed by atoms with Crippen molar-refractivity contribution < 1.29 is 33.7 Å². The molecule has 1 aliphatic rings. The molecule has 0 radical (unpaired) electrons. The lowest BCUT2D eigenvalue weighted by Gasteiger charge is -2.23. The molecule has 9 nitrogen and oxygen atoms in total. The molecule has 10 heteroatoms. The van der Waals surface area contributed by atoms with Gasteiger partial charge in [0.15, 0.2) is 5.13 Å². The maximum atomic E-state index is 13.5. The van der Waals surface area contributed by atoms with Crippen LogP contribution in [0.15, 0.2) is 79.4 Å². The number of nitrogens with zero attached hydrogens (tertiary/aromatic N) is 2. The predicted octanol–water partition coefficient (Wildman–Crippen LogP) is 5.38. The average Bonchev–Trinajstić information content (AvgIpc) is 3.47. The third-order valence-electron chi connectivity index (χ3n) is 5.94. The summed E-state index contributed by atoms with van der Waals surface area (Å²) in [6.45, 7) is 11.3. The highest BCUT2D eigenvalue weighted by atomic mass is 32.1. The number of ether oxygens (including phenoxy) is 3. The minimum atomic E-state index is -1.04. The Morgan fingerprint density at radius 2 is 1.80 bits per heavy atom. The Morgan fingerprint density at radius 3 is 2.48 bits per heavy atom. The maximum absolute atomic E-state index is 13.5. The van der Waals surface area contributed by atoms with Crippen molar-refractivity contribution in [2.45, 2.75) is 19.9 Å². The number of rotatable bonds is 11. The number of esters is 1. The molecule has 1 fully saturated rings. The van der Waals surface area contributed by atoms with Gasteiger partial charge in [-0.25, -0.2) is 9.78 Å². The second kappa shape index (κ2) is 12.4. The van der Waals surface area contributed by atoms with E-state index < -0.39 is 23.7 Å². The number of aromatic nitrogens is 1. The lowest BCUT2D eigenvalue weighted by Crippen LogP contribution is -2.29. The fourth-order valence-corrected chi connectivity index (χ4v) is 5.16. The van der Waals surface area contributed by atoms with Crippen LogP contribution in [0.2, 0.25) is 0 Å². The molecule has 3 aromatic rings. The van der Waals surface area contributed by atoms with Gasteiger partial charge in [-0.2, -0.15) is 0 Å².